The summed E-state index contributed by atoms with van der Waals surface area (Å²) >= 11 is 0. The van der Waals surface area contributed by atoms with Gasteiger partial charge < -0.3 is 10.1 Å². The second-order valence-electron chi connectivity index (χ2n) is 5.62. The lowest BCUT2D eigenvalue weighted by Gasteiger charge is -2.25. The van der Waals surface area contributed by atoms with Gasteiger partial charge in [-0.1, -0.05) is 29.3 Å². The number of hydrogen-bond acceptors (Lipinski definition) is 2. The molecule has 1 aromatic rings. The van der Waals surface area contributed by atoms with Crippen molar-refractivity contribution in [1.82, 2.24) is 5.32 Å². The summed E-state index contributed by atoms with van der Waals surface area (Å²) < 4.78 is 5.69. The van der Waals surface area contributed by atoms with E-state index in [4.69, 9.17) is 4.74 Å². The third-order valence-corrected chi connectivity index (χ3v) is 4.06. The molecule has 1 N–H and O–H groups in total. The van der Waals surface area contributed by atoms with Gasteiger partial charge in [0.05, 0.1) is 6.10 Å². The number of benzene rings is 1. The lowest BCUT2D eigenvalue weighted by atomic mass is 9.88. The third kappa shape index (κ3) is 3.12. The Morgan fingerprint density at radius 3 is 2.44 bits per heavy atom. The van der Waals surface area contributed by atoms with E-state index in [1.54, 1.807) is 0 Å². The zero-order chi connectivity index (χ0) is 13.1. The van der Waals surface area contributed by atoms with Gasteiger partial charge in [-0.05, 0) is 46.2 Å². The lowest BCUT2D eigenvalue weighted by molar-refractivity contribution is 0.0963. The van der Waals surface area contributed by atoms with Crippen LogP contribution in [0.3, 0.4) is 0 Å². The number of ether oxygens (including phenoxy) is 1. The minimum atomic E-state index is 0.383. The molecule has 1 aliphatic heterocycles. The molecule has 18 heavy (non-hydrogen) atoms. The molecule has 3 atom stereocenters. The van der Waals surface area contributed by atoms with Gasteiger partial charge in [0.2, 0.25) is 0 Å². The summed E-state index contributed by atoms with van der Waals surface area (Å²) in [6, 6.07) is 7.36. The number of hydrogen-bond donors (Lipinski definition) is 1. The second-order valence-corrected chi connectivity index (χ2v) is 5.62. The maximum Gasteiger partial charge on any atom is 0.0590 e. The number of nitrogens with one attached hydrogen (secondary N) is 1. The first-order valence-electron chi connectivity index (χ1n) is 6.96. The standard InChI is InChI=1S/C16H25NO/c1-11-7-12(2)9-14(8-11)10-16(17-4)15-5-6-18-13(15)3/h7-9,13,15-17H,5-6,10H2,1-4H3. The van der Waals surface area contributed by atoms with E-state index >= 15 is 0 Å². The highest BCUT2D eigenvalue weighted by Crippen LogP contribution is 2.26. The molecule has 2 rings (SSSR count). The first kappa shape index (κ1) is 13.6. The van der Waals surface area contributed by atoms with Crippen LogP contribution in [0.1, 0.15) is 30.0 Å². The molecule has 0 radical (unpaired) electrons. The van der Waals surface area contributed by atoms with Crippen molar-refractivity contribution >= 4 is 0 Å². The van der Waals surface area contributed by atoms with Crippen molar-refractivity contribution in [2.75, 3.05) is 13.7 Å². The van der Waals surface area contributed by atoms with Gasteiger partial charge in [0.1, 0.15) is 0 Å². The second kappa shape index (κ2) is 5.85. The Morgan fingerprint density at radius 2 is 1.94 bits per heavy atom. The van der Waals surface area contributed by atoms with E-state index in [0.717, 1.165) is 13.0 Å². The van der Waals surface area contributed by atoms with Gasteiger partial charge in [-0.3, -0.25) is 0 Å². The summed E-state index contributed by atoms with van der Waals surface area (Å²) in [6.07, 6.45) is 2.66. The highest BCUT2D eigenvalue weighted by Gasteiger charge is 2.30. The number of rotatable bonds is 4. The van der Waals surface area contributed by atoms with Gasteiger partial charge in [-0.25, -0.2) is 0 Å². The normalized spacial score (nSPS) is 25.3. The van der Waals surface area contributed by atoms with Gasteiger partial charge in [-0.15, -0.1) is 0 Å². The summed E-state index contributed by atoms with van der Waals surface area (Å²) in [4.78, 5) is 0. The van der Waals surface area contributed by atoms with Crippen molar-refractivity contribution in [2.24, 2.45) is 5.92 Å². The van der Waals surface area contributed by atoms with Gasteiger partial charge in [0, 0.05) is 18.6 Å². The van der Waals surface area contributed by atoms with Crippen LogP contribution >= 0.6 is 0 Å². The van der Waals surface area contributed by atoms with Crippen molar-refractivity contribution < 1.29 is 4.74 Å². The first-order valence-corrected chi connectivity index (χ1v) is 6.96. The van der Waals surface area contributed by atoms with Crippen LogP contribution in [0.2, 0.25) is 0 Å². The minimum absolute atomic E-state index is 0.383. The molecule has 0 aromatic heterocycles. The van der Waals surface area contributed by atoms with Crippen LogP contribution in [0, 0.1) is 19.8 Å². The Kier molecular flexibility index (Phi) is 4.41. The first-order chi connectivity index (χ1) is 8.60. The molecule has 2 nitrogen and oxygen atoms in total. The van der Waals surface area contributed by atoms with E-state index in [1.807, 2.05) is 0 Å². The van der Waals surface area contributed by atoms with E-state index in [2.05, 4.69) is 51.3 Å². The fourth-order valence-corrected chi connectivity index (χ4v) is 3.18. The molecule has 1 aromatic carbocycles. The molecule has 2 heteroatoms. The lowest BCUT2D eigenvalue weighted by Crippen LogP contribution is -2.38. The predicted molar refractivity (Wildman–Crippen MR) is 76.0 cm³/mol. The monoisotopic (exact) mass is 247 g/mol. The highest BCUT2D eigenvalue weighted by molar-refractivity contribution is 5.29. The van der Waals surface area contributed by atoms with Crippen molar-refractivity contribution in [3.63, 3.8) is 0 Å². The number of likely N-dealkylation sites (N-methyl/N-ethyl adjacent to an activating group) is 1. The summed E-state index contributed by atoms with van der Waals surface area (Å²) in [7, 11) is 2.07. The smallest absolute Gasteiger partial charge is 0.0590 e. The topological polar surface area (TPSA) is 21.3 Å². The van der Waals surface area contributed by atoms with Gasteiger partial charge in [0.15, 0.2) is 0 Å². The quantitative estimate of drug-likeness (QED) is 0.883. The zero-order valence-corrected chi connectivity index (χ0v) is 12.0. The van der Waals surface area contributed by atoms with Crippen LogP contribution < -0.4 is 5.32 Å². The van der Waals surface area contributed by atoms with Crippen molar-refractivity contribution in [3.8, 4) is 0 Å². The van der Waals surface area contributed by atoms with Gasteiger partial charge >= 0.3 is 0 Å². The van der Waals surface area contributed by atoms with E-state index in [9.17, 15) is 0 Å². The van der Waals surface area contributed by atoms with Crippen LogP contribution in [0.15, 0.2) is 18.2 Å². The molecular formula is C16H25NO. The van der Waals surface area contributed by atoms with E-state index < -0.39 is 0 Å². The Bertz CT molecular complexity index is 382. The molecule has 1 fully saturated rings. The predicted octanol–water partition coefficient (Wildman–Crippen LogP) is 2.86. The summed E-state index contributed by atoms with van der Waals surface area (Å²) in [6.45, 7) is 7.46. The Balaban J connectivity index is 2.09. The van der Waals surface area contributed by atoms with E-state index in [0.29, 0.717) is 18.1 Å². The molecule has 1 heterocycles. The van der Waals surface area contributed by atoms with Crippen LogP contribution in [-0.4, -0.2) is 25.8 Å². The van der Waals surface area contributed by atoms with Crippen molar-refractivity contribution in [1.29, 1.82) is 0 Å². The molecule has 100 valence electrons. The van der Waals surface area contributed by atoms with Gasteiger partial charge in [0.25, 0.3) is 0 Å². The summed E-state index contributed by atoms with van der Waals surface area (Å²) in [5.74, 6) is 0.635. The Labute approximate surface area is 111 Å². The average molecular weight is 247 g/mol. The molecule has 0 bridgehead atoms. The minimum Gasteiger partial charge on any atom is -0.378 e. The maximum absolute atomic E-state index is 5.69. The van der Waals surface area contributed by atoms with Crippen LogP contribution in [0.5, 0.6) is 0 Å². The highest BCUT2D eigenvalue weighted by atomic mass is 16.5. The Hall–Kier alpha value is -0.860. The molecular weight excluding hydrogens is 222 g/mol. The fourth-order valence-electron chi connectivity index (χ4n) is 3.18. The third-order valence-electron chi connectivity index (χ3n) is 4.06. The molecule has 1 saturated heterocycles. The Morgan fingerprint density at radius 1 is 1.28 bits per heavy atom. The zero-order valence-electron chi connectivity index (χ0n) is 12.0. The van der Waals surface area contributed by atoms with Crippen molar-refractivity contribution in [3.05, 3.63) is 34.9 Å². The molecule has 0 saturated carbocycles. The molecule has 0 aliphatic carbocycles. The van der Waals surface area contributed by atoms with Gasteiger partial charge in [-0.2, -0.15) is 0 Å². The number of aryl methyl sites for hydroxylation is 2. The summed E-state index contributed by atoms with van der Waals surface area (Å²) in [5.41, 5.74) is 4.15. The van der Waals surface area contributed by atoms with E-state index in [1.165, 1.54) is 23.1 Å². The van der Waals surface area contributed by atoms with Crippen LogP contribution in [-0.2, 0) is 11.2 Å². The maximum atomic E-state index is 5.69. The largest absolute Gasteiger partial charge is 0.378 e. The summed E-state index contributed by atoms with van der Waals surface area (Å²) in [5, 5.41) is 3.48. The van der Waals surface area contributed by atoms with Crippen molar-refractivity contribution in [2.45, 2.75) is 45.8 Å². The van der Waals surface area contributed by atoms with E-state index in [-0.39, 0.29) is 0 Å². The van der Waals surface area contributed by atoms with Crippen LogP contribution in [0.4, 0.5) is 0 Å². The average Bonchev–Trinajstić information content (AvgIpc) is 2.71. The SMILES string of the molecule is CNC(Cc1cc(C)cc(C)c1)C1CCOC1C. The molecule has 0 amide bonds. The molecule has 1 aliphatic rings. The molecule has 3 unspecified atom stereocenters. The van der Waals surface area contributed by atoms with Crippen LogP contribution in [0.25, 0.3) is 0 Å². The fraction of sp³-hybridized carbons (Fsp3) is 0.625. The molecule has 0 spiro atoms.